The quantitative estimate of drug-likeness (QED) is 0.712. The fraction of sp³-hybridized carbons (Fsp3) is 0. The topological polar surface area (TPSA) is 67.8 Å². The first-order chi connectivity index (χ1) is 9.18. The van der Waals surface area contributed by atoms with Crippen LogP contribution in [0, 0.1) is 5.82 Å². The number of para-hydroxylation sites is 1. The van der Waals surface area contributed by atoms with Crippen LogP contribution in [0.4, 0.5) is 4.39 Å². The van der Waals surface area contributed by atoms with Gasteiger partial charge in [-0.05, 0) is 24.3 Å². The average Bonchev–Trinajstić information content (AvgIpc) is 2.41. The first-order valence-electron chi connectivity index (χ1n) is 5.52. The summed E-state index contributed by atoms with van der Waals surface area (Å²) < 4.78 is 14.5. The number of halogens is 1. The van der Waals surface area contributed by atoms with Crippen molar-refractivity contribution in [3.63, 3.8) is 0 Å². The number of nitrogens with zero attached hydrogens (tertiary/aromatic N) is 2. The SMILES string of the molecule is O=c1[nH]c2c(F)cccc2c(=O)n1-c1ccncc1. The number of benzene rings is 1. The Hall–Kier alpha value is -2.76. The monoisotopic (exact) mass is 257 g/mol. The van der Waals surface area contributed by atoms with Crippen LogP contribution in [0.2, 0.25) is 0 Å². The second-order valence-corrected chi connectivity index (χ2v) is 3.94. The number of aromatic amines is 1. The molecule has 3 rings (SSSR count). The maximum Gasteiger partial charge on any atom is 0.333 e. The standard InChI is InChI=1S/C13H8FN3O2/c14-10-3-1-2-9-11(10)16-13(19)17(12(9)18)8-4-6-15-7-5-8/h1-7H,(H,16,19). The van der Waals surface area contributed by atoms with Gasteiger partial charge in [-0.3, -0.25) is 9.78 Å². The third kappa shape index (κ3) is 1.74. The van der Waals surface area contributed by atoms with Crippen LogP contribution >= 0.6 is 0 Å². The molecule has 0 saturated heterocycles. The van der Waals surface area contributed by atoms with Crippen LogP contribution in [0.1, 0.15) is 0 Å². The van der Waals surface area contributed by atoms with Crippen molar-refractivity contribution in [3.8, 4) is 5.69 Å². The second-order valence-electron chi connectivity index (χ2n) is 3.94. The third-order valence-electron chi connectivity index (χ3n) is 2.80. The molecule has 2 heterocycles. The van der Waals surface area contributed by atoms with Crippen LogP contribution in [-0.2, 0) is 0 Å². The van der Waals surface area contributed by atoms with E-state index >= 15 is 0 Å². The molecule has 0 fully saturated rings. The van der Waals surface area contributed by atoms with E-state index in [1.807, 2.05) is 0 Å². The molecule has 1 aromatic carbocycles. The minimum atomic E-state index is -0.686. The van der Waals surface area contributed by atoms with E-state index in [1.165, 1.54) is 42.7 Å². The van der Waals surface area contributed by atoms with Crippen molar-refractivity contribution in [2.24, 2.45) is 0 Å². The molecule has 0 saturated carbocycles. The molecule has 3 aromatic rings. The van der Waals surface area contributed by atoms with Crippen molar-refractivity contribution in [2.75, 3.05) is 0 Å². The fourth-order valence-corrected chi connectivity index (χ4v) is 1.93. The first-order valence-corrected chi connectivity index (χ1v) is 5.52. The minimum Gasteiger partial charge on any atom is -0.304 e. The van der Waals surface area contributed by atoms with Crippen molar-refractivity contribution in [1.82, 2.24) is 14.5 Å². The number of rotatable bonds is 1. The van der Waals surface area contributed by atoms with Crippen LogP contribution in [0.25, 0.3) is 16.6 Å². The second kappa shape index (κ2) is 4.16. The van der Waals surface area contributed by atoms with Crippen molar-refractivity contribution < 1.29 is 4.39 Å². The molecule has 0 aliphatic carbocycles. The van der Waals surface area contributed by atoms with Crippen LogP contribution < -0.4 is 11.2 Å². The molecule has 0 aliphatic heterocycles. The molecule has 0 spiro atoms. The Morgan fingerprint density at radius 2 is 1.84 bits per heavy atom. The molecule has 6 heteroatoms. The summed E-state index contributed by atoms with van der Waals surface area (Å²) in [6.07, 6.45) is 2.94. The van der Waals surface area contributed by atoms with Gasteiger partial charge in [0.15, 0.2) is 0 Å². The molecule has 0 amide bonds. The van der Waals surface area contributed by atoms with Crippen LogP contribution in [0.3, 0.4) is 0 Å². The summed E-state index contributed by atoms with van der Waals surface area (Å²) in [5.74, 6) is -0.631. The number of hydrogen-bond acceptors (Lipinski definition) is 3. The van der Waals surface area contributed by atoms with E-state index in [2.05, 4.69) is 9.97 Å². The normalized spacial score (nSPS) is 10.8. The molecule has 94 valence electrons. The number of H-pyrrole nitrogens is 1. The maximum atomic E-state index is 13.6. The Balaban J connectivity index is 2.47. The summed E-state index contributed by atoms with van der Waals surface area (Å²) >= 11 is 0. The van der Waals surface area contributed by atoms with Crippen LogP contribution in [0.5, 0.6) is 0 Å². The highest BCUT2D eigenvalue weighted by Crippen LogP contribution is 2.10. The molecular formula is C13H8FN3O2. The van der Waals surface area contributed by atoms with Crippen molar-refractivity contribution >= 4 is 10.9 Å². The first kappa shape index (κ1) is 11.3. The summed E-state index contributed by atoms with van der Waals surface area (Å²) in [4.78, 5) is 30.4. The summed E-state index contributed by atoms with van der Waals surface area (Å²) in [7, 11) is 0. The zero-order chi connectivity index (χ0) is 13.4. The van der Waals surface area contributed by atoms with E-state index in [1.54, 1.807) is 0 Å². The van der Waals surface area contributed by atoms with E-state index in [9.17, 15) is 14.0 Å². The number of nitrogens with one attached hydrogen (secondary N) is 1. The Bertz CT molecular complexity index is 868. The molecule has 2 aromatic heterocycles. The highest BCUT2D eigenvalue weighted by Gasteiger charge is 2.11. The summed E-state index contributed by atoms with van der Waals surface area (Å²) in [6, 6.07) is 7.14. The van der Waals surface area contributed by atoms with E-state index in [0.29, 0.717) is 5.69 Å². The lowest BCUT2D eigenvalue weighted by Gasteiger charge is -2.06. The van der Waals surface area contributed by atoms with Gasteiger partial charge < -0.3 is 4.98 Å². The highest BCUT2D eigenvalue weighted by atomic mass is 19.1. The molecule has 0 unspecified atom stereocenters. The lowest BCUT2D eigenvalue weighted by atomic mass is 10.2. The lowest BCUT2D eigenvalue weighted by Crippen LogP contribution is -2.33. The molecule has 5 nitrogen and oxygen atoms in total. The Kier molecular flexibility index (Phi) is 2.49. The molecule has 19 heavy (non-hydrogen) atoms. The van der Waals surface area contributed by atoms with E-state index in [4.69, 9.17) is 0 Å². The highest BCUT2D eigenvalue weighted by molar-refractivity contribution is 5.78. The predicted molar refractivity (Wildman–Crippen MR) is 67.9 cm³/mol. The summed E-state index contributed by atoms with van der Waals surface area (Å²) in [5.41, 5.74) is -0.950. The zero-order valence-electron chi connectivity index (χ0n) is 9.63. The van der Waals surface area contributed by atoms with Gasteiger partial charge in [0.1, 0.15) is 5.82 Å². The molecule has 0 aliphatic rings. The third-order valence-corrected chi connectivity index (χ3v) is 2.80. The Labute approximate surface area is 106 Å². The zero-order valence-corrected chi connectivity index (χ0v) is 9.63. The van der Waals surface area contributed by atoms with Gasteiger partial charge in [-0.2, -0.15) is 0 Å². The van der Waals surface area contributed by atoms with Gasteiger partial charge in [0.25, 0.3) is 5.56 Å². The minimum absolute atomic E-state index is 0.0807. The Morgan fingerprint density at radius 1 is 1.11 bits per heavy atom. The molecular weight excluding hydrogens is 249 g/mol. The van der Waals surface area contributed by atoms with Crippen LogP contribution in [-0.4, -0.2) is 14.5 Å². The lowest BCUT2D eigenvalue weighted by molar-refractivity contribution is 0.635. The van der Waals surface area contributed by atoms with Crippen molar-refractivity contribution in [3.05, 3.63) is 69.4 Å². The summed E-state index contributed by atoms with van der Waals surface area (Å²) in [5, 5.41) is 0.122. The Morgan fingerprint density at radius 3 is 2.58 bits per heavy atom. The van der Waals surface area contributed by atoms with Gasteiger partial charge in [-0.25, -0.2) is 13.8 Å². The van der Waals surface area contributed by atoms with Gasteiger partial charge >= 0.3 is 5.69 Å². The van der Waals surface area contributed by atoms with Gasteiger partial charge in [0.05, 0.1) is 16.6 Å². The van der Waals surface area contributed by atoms with Gasteiger partial charge in [-0.1, -0.05) is 6.07 Å². The fourth-order valence-electron chi connectivity index (χ4n) is 1.93. The molecule has 0 radical (unpaired) electrons. The van der Waals surface area contributed by atoms with Crippen LogP contribution in [0.15, 0.2) is 52.3 Å². The van der Waals surface area contributed by atoms with E-state index in [-0.39, 0.29) is 10.9 Å². The smallest absolute Gasteiger partial charge is 0.304 e. The predicted octanol–water partition coefficient (Wildman–Crippen LogP) is 1.21. The van der Waals surface area contributed by atoms with Gasteiger partial charge in [0, 0.05) is 12.4 Å². The number of pyridine rings is 1. The molecule has 0 atom stereocenters. The maximum absolute atomic E-state index is 13.6. The largest absolute Gasteiger partial charge is 0.333 e. The van der Waals surface area contributed by atoms with Crippen molar-refractivity contribution in [1.29, 1.82) is 0 Å². The number of hydrogen-bond donors (Lipinski definition) is 1. The van der Waals surface area contributed by atoms with Gasteiger partial charge in [-0.15, -0.1) is 0 Å². The molecule has 1 N–H and O–H groups in total. The summed E-state index contributed by atoms with van der Waals surface area (Å²) in [6.45, 7) is 0. The number of aromatic nitrogens is 3. The van der Waals surface area contributed by atoms with E-state index in [0.717, 1.165) is 4.57 Å². The number of fused-ring (bicyclic) bond motifs is 1. The van der Waals surface area contributed by atoms with E-state index < -0.39 is 17.1 Å². The van der Waals surface area contributed by atoms with Crippen molar-refractivity contribution in [2.45, 2.75) is 0 Å². The average molecular weight is 257 g/mol. The molecule has 0 bridgehead atoms. The van der Waals surface area contributed by atoms with Gasteiger partial charge in [0.2, 0.25) is 0 Å².